The van der Waals surface area contributed by atoms with Crippen LogP contribution in [0, 0.1) is 5.82 Å². The number of anilines is 1. The number of hydrogen-bond acceptors (Lipinski definition) is 5. The molecular weight excluding hydrogens is 475 g/mol. The summed E-state index contributed by atoms with van der Waals surface area (Å²) in [7, 11) is 0. The summed E-state index contributed by atoms with van der Waals surface area (Å²) in [5, 5.41) is 19.1. The van der Waals surface area contributed by atoms with Gasteiger partial charge in [0.2, 0.25) is 0 Å². The minimum atomic E-state index is -3.16. The number of carbonyl (C=O) groups is 1. The minimum absolute atomic E-state index is 0.0534. The van der Waals surface area contributed by atoms with E-state index in [1.54, 1.807) is 30.7 Å². The van der Waals surface area contributed by atoms with Crippen LogP contribution in [0.1, 0.15) is 18.5 Å². The van der Waals surface area contributed by atoms with Crippen LogP contribution in [0.3, 0.4) is 0 Å². The summed E-state index contributed by atoms with van der Waals surface area (Å²) in [6.07, 6.45) is 6.55. The fourth-order valence-electron chi connectivity index (χ4n) is 3.92. The van der Waals surface area contributed by atoms with Gasteiger partial charge in [-0.3, -0.25) is 15.0 Å². The Bertz CT molecular complexity index is 1560. The monoisotopic (exact) mass is 493 g/mol. The van der Waals surface area contributed by atoms with E-state index >= 15 is 0 Å². The van der Waals surface area contributed by atoms with Gasteiger partial charge < -0.3 is 5.11 Å². The molecule has 1 unspecified atom stereocenters. The fourth-order valence-corrected chi connectivity index (χ4v) is 3.92. The van der Waals surface area contributed by atoms with E-state index in [9.17, 15) is 18.0 Å². The standard InChI is InChI=1S/C24H18F3N7O2/c1-24(26,27)21(14-2-4-19(25)5-3-14)34-13-18(12-29-34)17-8-16(10-28-11-17)15-6-7-33-20(9-15)30-22(32-33)31-23(35)36/h2-13,21H,1H3,(H,31,32)(H,35,36). The van der Waals surface area contributed by atoms with E-state index in [-0.39, 0.29) is 11.5 Å². The van der Waals surface area contributed by atoms with Crippen LogP contribution in [-0.4, -0.2) is 46.5 Å². The Morgan fingerprint density at radius 2 is 1.75 bits per heavy atom. The summed E-state index contributed by atoms with van der Waals surface area (Å²) in [6, 6.07) is 8.79. The van der Waals surface area contributed by atoms with Gasteiger partial charge in [-0.15, -0.1) is 5.10 Å². The zero-order valence-corrected chi connectivity index (χ0v) is 18.7. The normalized spacial score (nSPS) is 12.6. The average molecular weight is 493 g/mol. The molecular formula is C24H18F3N7O2. The summed E-state index contributed by atoms with van der Waals surface area (Å²) in [5.74, 6) is -3.73. The van der Waals surface area contributed by atoms with E-state index in [4.69, 9.17) is 5.11 Å². The highest BCUT2D eigenvalue weighted by molar-refractivity contribution is 5.81. The van der Waals surface area contributed by atoms with Gasteiger partial charge in [-0.05, 0) is 41.5 Å². The van der Waals surface area contributed by atoms with Crippen molar-refractivity contribution in [1.82, 2.24) is 29.4 Å². The van der Waals surface area contributed by atoms with Gasteiger partial charge in [-0.25, -0.2) is 22.5 Å². The number of pyridine rings is 2. The molecule has 0 saturated heterocycles. The zero-order chi connectivity index (χ0) is 25.4. The van der Waals surface area contributed by atoms with Crippen molar-refractivity contribution in [2.24, 2.45) is 0 Å². The molecule has 1 amide bonds. The number of nitrogens with zero attached hydrogens (tertiary/aromatic N) is 6. The van der Waals surface area contributed by atoms with Crippen LogP contribution in [-0.2, 0) is 0 Å². The van der Waals surface area contributed by atoms with Crippen LogP contribution >= 0.6 is 0 Å². The fraction of sp³-hybridized carbons (Fsp3) is 0.125. The molecule has 12 heteroatoms. The first-order chi connectivity index (χ1) is 17.2. The second-order valence-electron chi connectivity index (χ2n) is 8.17. The van der Waals surface area contributed by atoms with Crippen molar-refractivity contribution in [3.8, 4) is 22.3 Å². The van der Waals surface area contributed by atoms with E-state index in [0.29, 0.717) is 16.8 Å². The van der Waals surface area contributed by atoms with Gasteiger partial charge in [0.1, 0.15) is 11.9 Å². The first-order valence-electron chi connectivity index (χ1n) is 10.7. The van der Waals surface area contributed by atoms with Crippen molar-refractivity contribution in [1.29, 1.82) is 0 Å². The molecule has 36 heavy (non-hydrogen) atoms. The highest BCUT2D eigenvalue weighted by Crippen LogP contribution is 2.35. The number of amides is 1. The number of benzene rings is 1. The lowest BCUT2D eigenvalue weighted by Gasteiger charge is -2.24. The molecule has 4 aromatic heterocycles. The predicted molar refractivity (Wildman–Crippen MR) is 124 cm³/mol. The molecule has 0 radical (unpaired) electrons. The van der Waals surface area contributed by atoms with Crippen LogP contribution in [0.25, 0.3) is 27.9 Å². The molecule has 4 heterocycles. The lowest BCUT2D eigenvalue weighted by molar-refractivity contribution is -0.0217. The second-order valence-corrected chi connectivity index (χ2v) is 8.17. The molecule has 0 aliphatic carbocycles. The molecule has 2 N–H and O–H groups in total. The van der Waals surface area contributed by atoms with Crippen molar-refractivity contribution < 1.29 is 23.1 Å². The molecule has 0 aliphatic rings. The van der Waals surface area contributed by atoms with E-state index in [2.05, 4.69) is 25.5 Å². The zero-order valence-electron chi connectivity index (χ0n) is 18.7. The molecule has 1 atom stereocenters. The number of fused-ring (bicyclic) bond motifs is 1. The number of halogens is 3. The smallest absolute Gasteiger partial charge is 0.411 e. The van der Waals surface area contributed by atoms with Crippen LogP contribution in [0.15, 0.2) is 73.4 Å². The third kappa shape index (κ3) is 4.60. The van der Waals surface area contributed by atoms with Crippen LogP contribution in [0.5, 0.6) is 0 Å². The largest absolute Gasteiger partial charge is 0.465 e. The number of nitrogens with one attached hydrogen (secondary N) is 1. The first kappa shape index (κ1) is 23.0. The molecule has 0 spiro atoms. The third-order valence-corrected chi connectivity index (χ3v) is 5.49. The molecule has 9 nitrogen and oxygen atoms in total. The van der Waals surface area contributed by atoms with Crippen LogP contribution in [0.4, 0.5) is 23.9 Å². The minimum Gasteiger partial charge on any atom is -0.465 e. The van der Waals surface area contributed by atoms with Gasteiger partial charge in [0.05, 0.1) is 6.20 Å². The quantitative estimate of drug-likeness (QED) is 0.339. The van der Waals surface area contributed by atoms with E-state index in [1.807, 2.05) is 6.07 Å². The Kier molecular flexibility index (Phi) is 5.63. The van der Waals surface area contributed by atoms with Crippen molar-refractivity contribution in [2.75, 3.05) is 5.32 Å². The predicted octanol–water partition coefficient (Wildman–Crippen LogP) is 5.13. The Balaban J connectivity index is 1.47. The van der Waals surface area contributed by atoms with E-state index in [0.717, 1.165) is 34.9 Å². The molecule has 5 rings (SSSR count). The number of rotatable bonds is 6. The first-order valence-corrected chi connectivity index (χ1v) is 10.7. The molecule has 0 aliphatic heterocycles. The molecule has 0 fully saturated rings. The van der Waals surface area contributed by atoms with Gasteiger partial charge in [0.25, 0.3) is 11.9 Å². The summed E-state index contributed by atoms with van der Waals surface area (Å²) in [6.45, 7) is 0.794. The average Bonchev–Trinajstić information content (AvgIpc) is 3.45. The van der Waals surface area contributed by atoms with Gasteiger partial charge in [0, 0.05) is 48.4 Å². The van der Waals surface area contributed by atoms with Crippen LogP contribution in [0.2, 0.25) is 0 Å². The Morgan fingerprint density at radius 1 is 1.03 bits per heavy atom. The third-order valence-electron chi connectivity index (χ3n) is 5.49. The number of alkyl halides is 2. The Morgan fingerprint density at radius 3 is 2.44 bits per heavy atom. The lowest BCUT2D eigenvalue weighted by atomic mass is 10.0. The highest BCUT2D eigenvalue weighted by atomic mass is 19.3. The lowest BCUT2D eigenvalue weighted by Crippen LogP contribution is -2.29. The number of carboxylic acid groups (broad SMARTS) is 1. The van der Waals surface area contributed by atoms with Gasteiger partial charge in [-0.2, -0.15) is 10.1 Å². The molecule has 1 aromatic carbocycles. The van der Waals surface area contributed by atoms with E-state index in [1.165, 1.54) is 29.0 Å². The summed E-state index contributed by atoms with van der Waals surface area (Å²) in [4.78, 5) is 19.2. The highest BCUT2D eigenvalue weighted by Gasteiger charge is 2.37. The summed E-state index contributed by atoms with van der Waals surface area (Å²) in [5.41, 5.74) is 3.31. The van der Waals surface area contributed by atoms with Crippen molar-refractivity contribution in [3.05, 3.63) is 84.8 Å². The molecule has 0 saturated carbocycles. The van der Waals surface area contributed by atoms with Gasteiger partial charge >= 0.3 is 6.09 Å². The van der Waals surface area contributed by atoms with Crippen molar-refractivity contribution in [3.63, 3.8) is 0 Å². The van der Waals surface area contributed by atoms with Gasteiger partial charge in [0.15, 0.2) is 5.65 Å². The van der Waals surface area contributed by atoms with Gasteiger partial charge in [-0.1, -0.05) is 12.1 Å². The summed E-state index contributed by atoms with van der Waals surface area (Å²) >= 11 is 0. The number of aromatic nitrogens is 6. The molecule has 5 aromatic rings. The van der Waals surface area contributed by atoms with E-state index < -0.39 is 23.9 Å². The maximum Gasteiger partial charge on any atom is 0.411 e. The summed E-state index contributed by atoms with van der Waals surface area (Å²) < 4.78 is 45.0. The van der Waals surface area contributed by atoms with Crippen molar-refractivity contribution in [2.45, 2.75) is 18.9 Å². The van der Waals surface area contributed by atoms with Crippen LogP contribution < -0.4 is 5.32 Å². The Labute approximate surface area is 201 Å². The maximum absolute atomic E-state index is 14.5. The SMILES string of the molecule is CC(F)(F)C(c1ccc(F)cc1)n1cc(-c2cncc(-c3ccn4nc(NC(=O)O)nc4c3)c2)cn1. The van der Waals surface area contributed by atoms with Crippen molar-refractivity contribution >= 4 is 17.7 Å². The molecule has 182 valence electrons. The number of hydrogen-bond donors (Lipinski definition) is 2. The Hall–Kier alpha value is -4.74. The maximum atomic E-state index is 14.5. The molecule has 0 bridgehead atoms. The topological polar surface area (TPSA) is 110 Å². The second kappa shape index (κ2) is 8.80.